The van der Waals surface area contributed by atoms with E-state index in [1.165, 1.54) is 18.7 Å². The van der Waals surface area contributed by atoms with Crippen LogP contribution in [-0.4, -0.2) is 52.8 Å². The highest BCUT2D eigenvalue weighted by molar-refractivity contribution is 8.00. The van der Waals surface area contributed by atoms with Gasteiger partial charge in [-0.2, -0.15) is 0 Å². The average Bonchev–Trinajstić information content (AvgIpc) is 3.25. The molecule has 3 aromatic rings. The highest BCUT2D eigenvalue weighted by Crippen LogP contribution is 2.37. The number of ether oxygens (including phenoxy) is 1. The molecule has 2 heterocycles. The molecule has 0 saturated carbocycles. The molecule has 35 heavy (non-hydrogen) atoms. The largest absolute Gasteiger partial charge is 0.378 e. The summed E-state index contributed by atoms with van der Waals surface area (Å²) >= 11 is 1.39. The number of Topliss-reactive ketones (excluding diaryl/α,β-unsaturated/α-hetero) is 1. The molecule has 1 aliphatic heterocycles. The molecular formula is C26H31N5O3S. The van der Waals surface area contributed by atoms with E-state index >= 15 is 0 Å². The van der Waals surface area contributed by atoms with Crippen LogP contribution in [-0.2, 0) is 16.1 Å². The Bertz CT molecular complexity index is 1160. The van der Waals surface area contributed by atoms with Crippen molar-refractivity contribution in [2.24, 2.45) is 5.92 Å². The smallest absolute Gasteiger partial charge is 0.242 e. The highest BCUT2D eigenvalue weighted by Gasteiger charge is 2.28. The Morgan fingerprint density at radius 3 is 2.49 bits per heavy atom. The van der Waals surface area contributed by atoms with E-state index < -0.39 is 5.25 Å². The number of carbonyl (C=O) groups excluding carboxylic acids is 2. The minimum atomic E-state index is -0.551. The standard InChI is InChI=1S/C26H31N5O3S/c1-18(2)17-31-25(30-12-14-34-15-13-30)28-29-26(31)35-23(20-8-5-4-6-9-20)24(33)27-22-11-7-10-21(16-22)19(3)32/h4-11,16,18,23H,12-15,17H2,1-3H3,(H,27,33). The SMILES string of the molecule is CC(=O)c1cccc(NC(=O)C(Sc2nnc(N3CCOCC3)n2CC(C)C)c2ccccc2)c1. The molecule has 1 atom stereocenters. The summed E-state index contributed by atoms with van der Waals surface area (Å²) in [5.41, 5.74) is 2.00. The van der Waals surface area contributed by atoms with Crippen LogP contribution < -0.4 is 10.2 Å². The number of benzene rings is 2. The second-order valence-electron chi connectivity index (χ2n) is 8.92. The fraction of sp³-hybridized carbons (Fsp3) is 0.385. The van der Waals surface area contributed by atoms with E-state index in [1.807, 2.05) is 30.3 Å². The predicted octanol–water partition coefficient (Wildman–Crippen LogP) is 4.45. The lowest BCUT2D eigenvalue weighted by Crippen LogP contribution is -2.38. The number of nitrogens with one attached hydrogen (secondary N) is 1. The van der Waals surface area contributed by atoms with Crippen LogP contribution >= 0.6 is 11.8 Å². The molecular weight excluding hydrogens is 462 g/mol. The third-order valence-electron chi connectivity index (χ3n) is 5.64. The Morgan fingerprint density at radius 1 is 1.06 bits per heavy atom. The number of anilines is 2. The van der Waals surface area contributed by atoms with Gasteiger partial charge in [-0.25, -0.2) is 0 Å². The Labute approximate surface area is 210 Å². The molecule has 2 aromatic carbocycles. The zero-order valence-electron chi connectivity index (χ0n) is 20.3. The number of aromatic nitrogens is 3. The van der Waals surface area contributed by atoms with Gasteiger partial charge in [-0.05, 0) is 30.5 Å². The zero-order valence-corrected chi connectivity index (χ0v) is 21.1. The molecule has 1 amide bonds. The van der Waals surface area contributed by atoms with Gasteiger partial charge in [0, 0.05) is 30.9 Å². The fourth-order valence-corrected chi connectivity index (χ4v) is 4.96. The van der Waals surface area contributed by atoms with Crippen molar-refractivity contribution in [2.45, 2.75) is 37.7 Å². The Kier molecular flexibility index (Phi) is 8.20. The van der Waals surface area contributed by atoms with Gasteiger partial charge in [0.05, 0.1) is 13.2 Å². The van der Waals surface area contributed by atoms with Gasteiger partial charge >= 0.3 is 0 Å². The van der Waals surface area contributed by atoms with Gasteiger partial charge in [-0.1, -0.05) is 68.1 Å². The van der Waals surface area contributed by atoms with Crippen LogP contribution in [0.2, 0.25) is 0 Å². The van der Waals surface area contributed by atoms with Crippen molar-refractivity contribution < 1.29 is 14.3 Å². The molecule has 0 aliphatic carbocycles. The summed E-state index contributed by atoms with van der Waals surface area (Å²) < 4.78 is 7.62. The summed E-state index contributed by atoms with van der Waals surface area (Å²) in [7, 11) is 0. The second-order valence-corrected chi connectivity index (χ2v) is 9.99. The normalized spacial score (nSPS) is 14.7. The van der Waals surface area contributed by atoms with E-state index in [9.17, 15) is 9.59 Å². The van der Waals surface area contributed by atoms with Crippen molar-refractivity contribution in [1.29, 1.82) is 0 Å². The van der Waals surface area contributed by atoms with E-state index in [4.69, 9.17) is 4.74 Å². The van der Waals surface area contributed by atoms with Gasteiger partial charge in [-0.15, -0.1) is 10.2 Å². The first-order chi connectivity index (χ1) is 16.9. The molecule has 0 spiro atoms. The number of carbonyl (C=O) groups is 2. The number of rotatable bonds is 9. The summed E-state index contributed by atoms with van der Waals surface area (Å²) in [5, 5.41) is 12.1. The molecule has 1 fully saturated rings. The number of morpholine rings is 1. The minimum Gasteiger partial charge on any atom is -0.378 e. The number of hydrogen-bond acceptors (Lipinski definition) is 7. The van der Waals surface area contributed by atoms with Gasteiger partial charge in [0.1, 0.15) is 5.25 Å². The van der Waals surface area contributed by atoms with E-state index in [-0.39, 0.29) is 11.7 Å². The molecule has 0 bridgehead atoms. The first-order valence-corrected chi connectivity index (χ1v) is 12.7. The second kappa shape index (κ2) is 11.5. The van der Waals surface area contributed by atoms with Crippen LogP contribution in [0.5, 0.6) is 0 Å². The molecule has 4 rings (SSSR count). The first-order valence-electron chi connectivity index (χ1n) is 11.8. The lowest BCUT2D eigenvalue weighted by Gasteiger charge is -2.28. The van der Waals surface area contributed by atoms with Crippen LogP contribution in [0.4, 0.5) is 11.6 Å². The number of ketones is 1. The number of nitrogens with zero attached hydrogens (tertiary/aromatic N) is 4. The van der Waals surface area contributed by atoms with Gasteiger partial charge in [0.25, 0.3) is 0 Å². The van der Waals surface area contributed by atoms with Crippen LogP contribution in [0.25, 0.3) is 0 Å². The molecule has 1 N–H and O–H groups in total. The molecule has 1 unspecified atom stereocenters. The summed E-state index contributed by atoms with van der Waals surface area (Å²) in [6, 6.07) is 16.6. The molecule has 0 radical (unpaired) electrons. The third-order valence-corrected chi connectivity index (χ3v) is 6.87. The van der Waals surface area contributed by atoms with Crippen molar-refractivity contribution in [3.05, 3.63) is 65.7 Å². The zero-order chi connectivity index (χ0) is 24.8. The maximum atomic E-state index is 13.5. The van der Waals surface area contributed by atoms with E-state index in [1.54, 1.807) is 24.3 Å². The van der Waals surface area contributed by atoms with E-state index in [0.29, 0.717) is 35.5 Å². The molecule has 9 heteroatoms. The lowest BCUT2D eigenvalue weighted by molar-refractivity contribution is -0.115. The van der Waals surface area contributed by atoms with Crippen LogP contribution in [0.3, 0.4) is 0 Å². The lowest BCUT2D eigenvalue weighted by atomic mass is 10.1. The Balaban J connectivity index is 1.64. The van der Waals surface area contributed by atoms with Crippen molar-refractivity contribution >= 4 is 35.1 Å². The average molecular weight is 494 g/mol. The fourth-order valence-electron chi connectivity index (χ4n) is 3.92. The predicted molar refractivity (Wildman–Crippen MR) is 138 cm³/mol. The maximum absolute atomic E-state index is 13.5. The van der Waals surface area contributed by atoms with Crippen molar-refractivity contribution in [2.75, 3.05) is 36.5 Å². The first kappa shape index (κ1) is 24.9. The number of thioether (sulfide) groups is 1. The summed E-state index contributed by atoms with van der Waals surface area (Å²) in [4.78, 5) is 27.5. The molecule has 1 aliphatic rings. The van der Waals surface area contributed by atoms with E-state index in [2.05, 4.69) is 38.8 Å². The quantitative estimate of drug-likeness (QED) is 0.348. The number of amides is 1. The van der Waals surface area contributed by atoms with Crippen LogP contribution in [0.1, 0.15) is 41.9 Å². The summed E-state index contributed by atoms with van der Waals surface area (Å²) in [5.74, 6) is 0.954. The highest BCUT2D eigenvalue weighted by atomic mass is 32.2. The Morgan fingerprint density at radius 2 is 1.80 bits per heavy atom. The number of hydrogen-bond donors (Lipinski definition) is 1. The maximum Gasteiger partial charge on any atom is 0.242 e. The third kappa shape index (κ3) is 6.29. The molecule has 1 aromatic heterocycles. The van der Waals surface area contributed by atoms with E-state index in [0.717, 1.165) is 31.1 Å². The van der Waals surface area contributed by atoms with Crippen molar-refractivity contribution in [3.63, 3.8) is 0 Å². The van der Waals surface area contributed by atoms with Crippen LogP contribution in [0.15, 0.2) is 59.8 Å². The van der Waals surface area contributed by atoms with Gasteiger partial charge in [-0.3, -0.25) is 14.2 Å². The minimum absolute atomic E-state index is 0.0486. The molecule has 184 valence electrons. The Hall–Kier alpha value is -3.17. The molecule has 1 saturated heterocycles. The van der Waals surface area contributed by atoms with Gasteiger partial charge in [0.2, 0.25) is 11.9 Å². The van der Waals surface area contributed by atoms with Crippen molar-refractivity contribution in [1.82, 2.24) is 14.8 Å². The van der Waals surface area contributed by atoms with Gasteiger partial charge < -0.3 is 15.0 Å². The summed E-state index contributed by atoms with van der Waals surface area (Å²) in [6.45, 7) is 9.40. The van der Waals surface area contributed by atoms with Crippen LogP contribution in [0, 0.1) is 5.92 Å². The summed E-state index contributed by atoms with van der Waals surface area (Å²) in [6.07, 6.45) is 0. The van der Waals surface area contributed by atoms with Gasteiger partial charge in [0.15, 0.2) is 10.9 Å². The van der Waals surface area contributed by atoms with Crippen molar-refractivity contribution in [3.8, 4) is 0 Å². The monoisotopic (exact) mass is 493 g/mol. The topological polar surface area (TPSA) is 89.3 Å². The molecule has 8 nitrogen and oxygen atoms in total.